The third-order valence-electron chi connectivity index (χ3n) is 4.27. The van der Waals surface area contributed by atoms with Gasteiger partial charge < -0.3 is 15.4 Å². The van der Waals surface area contributed by atoms with E-state index in [1.807, 2.05) is 37.3 Å². The molecule has 0 aliphatic carbocycles. The highest BCUT2D eigenvalue weighted by molar-refractivity contribution is 5.89. The summed E-state index contributed by atoms with van der Waals surface area (Å²) in [5.74, 6) is 0. The normalized spacial score (nSPS) is 17.9. The molecule has 1 fully saturated rings. The van der Waals surface area contributed by atoms with Crippen molar-refractivity contribution in [3.8, 4) is 0 Å². The van der Waals surface area contributed by atoms with E-state index in [0.717, 1.165) is 25.3 Å². The maximum absolute atomic E-state index is 12.0. The first-order chi connectivity index (χ1) is 12.2. The first-order valence-corrected chi connectivity index (χ1v) is 8.68. The lowest BCUT2D eigenvalue weighted by atomic mass is 10.2. The van der Waals surface area contributed by atoms with Gasteiger partial charge in [-0.2, -0.15) is 0 Å². The number of anilines is 1. The molecule has 1 unspecified atom stereocenters. The van der Waals surface area contributed by atoms with Gasteiger partial charge in [0, 0.05) is 31.9 Å². The molecule has 1 heterocycles. The van der Waals surface area contributed by atoms with Crippen LogP contribution in [0.1, 0.15) is 11.1 Å². The molecule has 1 aliphatic rings. The summed E-state index contributed by atoms with van der Waals surface area (Å²) in [4.78, 5) is 14.4. The van der Waals surface area contributed by atoms with Gasteiger partial charge in [-0.1, -0.05) is 48.0 Å². The predicted octanol–water partition coefficient (Wildman–Crippen LogP) is 3.02. The van der Waals surface area contributed by atoms with Crippen molar-refractivity contribution in [2.24, 2.45) is 0 Å². The second-order valence-corrected chi connectivity index (χ2v) is 6.41. The number of aryl methyl sites for hydroxylation is 1. The van der Waals surface area contributed by atoms with E-state index in [9.17, 15) is 4.79 Å². The zero-order valence-corrected chi connectivity index (χ0v) is 14.6. The van der Waals surface area contributed by atoms with E-state index >= 15 is 0 Å². The van der Waals surface area contributed by atoms with Gasteiger partial charge in [-0.15, -0.1) is 0 Å². The van der Waals surface area contributed by atoms with Crippen LogP contribution in [0.4, 0.5) is 10.5 Å². The minimum absolute atomic E-state index is 0.0150. The summed E-state index contributed by atoms with van der Waals surface area (Å²) in [6.07, 6.45) is 0.0150. The summed E-state index contributed by atoms with van der Waals surface area (Å²) < 4.78 is 5.78. The van der Waals surface area contributed by atoms with Crippen molar-refractivity contribution in [1.82, 2.24) is 10.2 Å². The molecule has 5 heteroatoms. The number of rotatable bonds is 5. The van der Waals surface area contributed by atoms with Crippen molar-refractivity contribution in [3.63, 3.8) is 0 Å². The zero-order chi connectivity index (χ0) is 17.5. The monoisotopic (exact) mass is 339 g/mol. The highest BCUT2D eigenvalue weighted by Gasteiger charge is 2.21. The molecule has 2 N–H and O–H groups in total. The average Bonchev–Trinajstić information content (AvgIpc) is 2.63. The number of ether oxygens (including phenoxy) is 1. The molecule has 2 aromatic rings. The number of urea groups is 1. The van der Waals surface area contributed by atoms with Crippen molar-refractivity contribution in [2.75, 3.05) is 31.6 Å². The van der Waals surface area contributed by atoms with Crippen LogP contribution in [0, 0.1) is 6.92 Å². The van der Waals surface area contributed by atoms with E-state index in [2.05, 4.69) is 39.8 Å². The van der Waals surface area contributed by atoms with Crippen LogP contribution in [0.15, 0.2) is 54.6 Å². The molecule has 132 valence electrons. The minimum Gasteiger partial charge on any atom is -0.374 e. The molecular weight excluding hydrogens is 314 g/mol. The average molecular weight is 339 g/mol. The van der Waals surface area contributed by atoms with Crippen LogP contribution in [0.5, 0.6) is 0 Å². The molecule has 0 radical (unpaired) electrons. The fourth-order valence-electron chi connectivity index (χ4n) is 2.91. The maximum Gasteiger partial charge on any atom is 0.319 e. The van der Waals surface area contributed by atoms with Gasteiger partial charge in [-0.3, -0.25) is 4.90 Å². The summed E-state index contributed by atoms with van der Waals surface area (Å²) >= 11 is 0. The number of hydrogen-bond acceptors (Lipinski definition) is 3. The molecule has 3 rings (SSSR count). The maximum atomic E-state index is 12.0. The van der Waals surface area contributed by atoms with E-state index in [0.29, 0.717) is 13.2 Å². The molecule has 0 spiro atoms. The summed E-state index contributed by atoms with van der Waals surface area (Å²) in [5, 5.41) is 5.74. The molecular formula is C20H25N3O2. The van der Waals surface area contributed by atoms with E-state index in [1.165, 1.54) is 11.1 Å². The number of carbonyl (C=O) groups excluding carboxylic acids is 1. The van der Waals surface area contributed by atoms with Crippen LogP contribution in [0.25, 0.3) is 0 Å². The highest BCUT2D eigenvalue weighted by Crippen LogP contribution is 2.11. The van der Waals surface area contributed by atoms with Gasteiger partial charge in [0.15, 0.2) is 0 Å². The molecule has 2 aromatic carbocycles. The molecule has 2 amide bonds. The topological polar surface area (TPSA) is 53.6 Å². The number of morpholine rings is 1. The number of carbonyl (C=O) groups is 1. The van der Waals surface area contributed by atoms with Crippen molar-refractivity contribution < 1.29 is 9.53 Å². The SMILES string of the molecule is Cc1ccc(NC(=O)NCC2CN(Cc3ccccc3)CCO2)cc1. The van der Waals surface area contributed by atoms with E-state index in [4.69, 9.17) is 4.74 Å². The minimum atomic E-state index is -0.201. The van der Waals surface area contributed by atoms with E-state index in [-0.39, 0.29) is 12.1 Å². The van der Waals surface area contributed by atoms with Gasteiger partial charge in [-0.25, -0.2) is 4.79 Å². The smallest absolute Gasteiger partial charge is 0.319 e. The molecule has 1 aliphatic heterocycles. The fraction of sp³-hybridized carbons (Fsp3) is 0.350. The Balaban J connectivity index is 1.43. The number of amides is 2. The molecule has 1 atom stereocenters. The third-order valence-corrected chi connectivity index (χ3v) is 4.27. The number of nitrogens with zero attached hydrogens (tertiary/aromatic N) is 1. The third kappa shape index (κ3) is 5.59. The van der Waals surface area contributed by atoms with Gasteiger partial charge >= 0.3 is 6.03 Å². The standard InChI is InChI=1S/C20H25N3O2/c1-16-7-9-18(10-8-16)22-20(24)21-13-19-15-23(11-12-25-19)14-17-5-3-2-4-6-17/h2-10,19H,11-15H2,1H3,(H2,21,22,24). The van der Waals surface area contributed by atoms with Crippen LogP contribution < -0.4 is 10.6 Å². The van der Waals surface area contributed by atoms with E-state index < -0.39 is 0 Å². The summed E-state index contributed by atoms with van der Waals surface area (Å²) in [6, 6.07) is 18.0. The lowest BCUT2D eigenvalue weighted by molar-refractivity contribution is -0.0285. The van der Waals surface area contributed by atoms with Crippen LogP contribution >= 0.6 is 0 Å². The Morgan fingerprint density at radius 3 is 2.68 bits per heavy atom. The molecule has 0 saturated carbocycles. The molecule has 5 nitrogen and oxygen atoms in total. The van der Waals surface area contributed by atoms with Crippen LogP contribution in [-0.4, -0.2) is 43.3 Å². The van der Waals surface area contributed by atoms with Gasteiger partial charge in [0.05, 0.1) is 12.7 Å². The molecule has 0 bridgehead atoms. The molecule has 0 aromatic heterocycles. The molecule has 25 heavy (non-hydrogen) atoms. The summed E-state index contributed by atoms with van der Waals surface area (Å²) in [7, 11) is 0. The first-order valence-electron chi connectivity index (χ1n) is 8.68. The summed E-state index contributed by atoms with van der Waals surface area (Å²) in [6.45, 7) is 5.87. The van der Waals surface area contributed by atoms with E-state index in [1.54, 1.807) is 0 Å². The summed E-state index contributed by atoms with van der Waals surface area (Å²) in [5.41, 5.74) is 3.26. The van der Waals surface area contributed by atoms with Crippen LogP contribution in [-0.2, 0) is 11.3 Å². The highest BCUT2D eigenvalue weighted by atomic mass is 16.5. The van der Waals surface area contributed by atoms with Crippen molar-refractivity contribution >= 4 is 11.7 Å². The molecule has 1 saturated heterocycles. The number of benzene rings is 2. The Kier molecular flexibility index (Phi) is 6.04. The first kappa shape index (κ1) is 17.5. The Morgan fingerprint density at radius 2 is 1.92 bits per heavy atom. The second kappa shape index (κ2) is 8.65. The number of hydrogen-bond donors (Lipinski definition) is 2. The van der Waals surface area contributed by atoms with Gasteiger partial charge in [0.2, 0.25) is 0 Å². The van der Waals surface area contributed by atoms with Gasteiger partial charge in [0.1, 0.15) is 0 Å². The Labute approximate surface area is 149 Å². The Hall–Kier alpha value is -2.37. The van der Waals surface area contributed by atoms with Crippen molar-refractivity contribution in [2.45, 2.75) is 19.6 Å². The van der Waals surface area contributed by atoms with Crippen molar-refractivity contribution in [1.29, 1.82) is 0 Å². The number of nitrogens with one attached hydrogen (secondary N) is 2. The quantitative estimate of drug-likeness (QED) is 0.880. The predicted molar refractivity (Wildman–Crippen MR) is 99.7 cm³/mol. The second-order valence-electron chi connectivity index (χ2n) is 6.41. The fourth-order valence-corrected chi connectivity index (χ4v) is 2.91. The van der Waals surface area contributed by atoms with Gasteiger partial charge in [-0.05, 0) is 24.6 Å². The Bertz CT molecular complexity index is 673. The van der Waals surface area contributed by atoms with Crippen molar-refractivity contribution in [3.05, 3.63) is 65.7 Å². The lowest BCUT2D eigenvalue weighted by Crippen LogP contribution is -2.47. The lowest BCUT2D eigenvalue weighted by Gasteiger charge is -2.33. The Morgan fingerprint density at radius 1 is 1.16 bits per heavy atom. The largest absolute Gasteiger partial charge is 0.374 e. The van der Waals surface area contributed by atoms with Crippen LogP contribution in [0.3, 0.4) is 0 Å². The van der Waals surface area contributed by atoms with Crippen LogP contribution in [0.2, 0.25) is 0 Å². The van der Waals surface area contributed by atoms with Gasteiger partial charge in [0.25, 0.3) is 0 Å². The zero-order valence-electron chi connectivity index (χ0n) is 14.6.